The second-order valence-electron chi connectivity index (χ2n) is 7.03. The largest absolute Gasteiger partial charge is 0.497 e. The Morgan fingerprint density at radius 3 is 2.68 bits per heavy atom. The van der Waals surface area contributed by atoms with E-state index >= 15 is 0 Å². The Hall–Kier alpha value is -2.97. The SMILES string of the molecule is COc1ccc(-n2c(C)nnc2SCC(=O)NCc2cc3cc(Cl)ccc3n2C)cc1. The lowest BCUT2D eigenvalue weighted by molar-refractivity contribution is -0.118. The smallest absolute Gasteiger partial charge is 0.230 e. The van der Waals surface area contributed by atoms with Crippen LogP contribution in [0.1, 0.15) is 11.5 Å². The van der Waals surface area contributed by atoms with Crippen molar-refractivity contribution in [3.63, 3.8) is 0 Å². The Morgan fingerprint density at radius 2 is 1.94 bits per heavy atom. The highest BCUT2D eigenvalue weighted by Gasteiger charge is 2.14. The van der Waals surface area contributed by atoms with Crippen molar-refractivity contribution in [2.45, 2.75) is 18.6 Å². The number of thioether (sulfide) groups is 1. The van der Waals surface area contributed by atoms with Crippen LogP contribution in [0.25, 0.3) is 16.6 Å². The van der Waals surface area contributed by atoms with E-state index in [0.29, 0.717) is 16.7 Å². The number of hydrogen-bond donors (Lipinski definition) is 1. The lowest BCUT2D eigenvalue weighted by Crippen LogP contribution is -2.25. The fourth-order valence-electron chi connectivity index (χ4n) is 3.38. The molecule has 0 spiro atoms. The first kappa shape index (κ1) is 21.3. The van der Waals surface area contributed by atoms with Gasteiger partial charge in [0, 0.05) is 34.4 Å². The standard InChI is InChI=1S/C22H22ClN5O2S/c1-14-25-26-22(28(14)17-5-7-19(30-3)8-6-17)31-13-21(29)24-12-18-11-15-10-16(23)4-9-20(15)27(18)2/h4-11H,12-13H2,1-3H3,(H,24,29). The third-order valence-corrected chi connectivity index (χ3v) is 6.19. The Bertz CT molecular complexity index is 1230. The fraction of sp³-hybridized carbons (Fsp3) is 0.227. The summed E-state index contributed by atoms with van der Waals surface area (Å²) in [5.74, 6) is 1.69. The molecule has 1 amide bonds. The zero-order valence-electron chi connectivity index (χ0n) is 17.4. The van der Waals surface area contributed by atoms with Gasteiger partial charge in [-0.1, -0.05) is 23.4 Å². The van der Waals surface area contributed by atoms with Crippen molar-refractivity contribution in [2.75, 3.05) is 12.9 Å². The highest BCUT2D eigenvalue weighted by molar-refractivity contribution is 7.99. The number of nitrogens with zero attached hydrogens (tertiary/aromatic N) is 4. The molecule has 4 rings (SSSR count). The summed E-state index contributed by atoms with van der Waals surface area (Å²) in [6.45, 7) is 2.32. The van der Waals surface area contributed by atoms with Crippen LogP contribution >= 0.6 is 23.4 Å². The number of fused-ring (bicyclic) bond motifs is 1. The first-order valence-electron chi connectivity index (χ1n) is 9.66. The van der Waals surface area contributed by atoms with Crippen molar-refractivity contribution in [3.8, 4) is 11.4 Å². The third kappa shape index (κ3) is 4.55. The third-order valence-electron chi connectivity index (χ3n) is 5.03. The van der Waals surface area contributed by atoms with Crippen LogP contribution in [0.5, 0.6) is 5.75 Å². The summed E-state index contributed by atoms with van der Waals surface area (Å²) in [6, 6.07) is 15.4. The van der Waals surface area contributed by atoms with E-state index in [4.69, 9.17) is 16.3 Å². The number of rotatable bonds is 7. The molecule has 0 aliphatic carbocycles. The number of nitrogens with one attached hydrogen (secondary N) is 1. The Labute approximate surface area is 189 Å². The average Bonchev–Trinajstić information content (AvgIpc) is 3.29. The van der Waals surface area contributed by atoms with E-state index in [1.807, 2.05) is 67.1 Å². The quantitative estimate of drug-likeness (QED) is 0.424. The van der Waals surface area contributed by atoms with Gasteiger partial charge in [0.05, 0.1) is 19.4 Å². The maximum atomic E-state index is 12.5. The van der Waals surface area contributed by atoms with Crippen LogP contribution in [0.2, 0.25) is 5.02 Å². The van der Waals surface area contributed by atoms with Gasteiger partial charge >= 0.3 is 0 Å². The fourth-order valence-corrected chi connectivity index (χ4v) is 4.39. The summed E-state index contributed by atoms with van der Waals surface area (Å²) in [6.07, 6.45) is 0. The molecule has 2 aromatic heterocycles. The number of benzene rings is 2. The number of amides is 1. The normalized spacial score (nSPS) is 11.1. The number of ether oxygens (including phenoxy) is 1. The number of hydrogen-bond acceptors (Lipinski definition) is 5. The second kappa shape index (κ2) is 9.03. The van der Waals surface area contributed by atoms with Crippen LogP contribution in [-0.4, -0.2) is 38.1 Å². The van der Waals surface area contributed by atoms with Crippen molar-refractivity contribution >= 4 is 40.2 Å². The molecule has 31 heavy (non-hydrogen) atoms. The molecule has 0 unspecified atom stereocenters. The van der Waals surface area contributed by atoms with Crippen molar-refractivity contribution in [1.82, 2.24) is 24.6 Å². The number of aromatic nitrogens is 4. The van der Waals surface area contributed by atoms with Gasteiger partial charge in [-0.2, -0.15) is 0 Å². The van der Waals surface area contributed by atoms with Crippen LogP contribution in [0.3, 0.4) is 0 Å². The van der Waals surface area contributed by atoms with Gasteiger partial charge < -0.3 is 14.6 Å². The minimum atomic E-state index is -0.0739. The van der Waals surface area contributed by atoms with E-state index in [9.17, 15) is 4.79 Å². The van der Waals surface area contributed by atoms with Gasteiger partial charge in [0.15, 0.2) is 5.16 Å². The molecule has 0 bridgehead atoms. The molecule has 7 nitrogen and oxygen atoms in total. The number of aryl methyl sites for hydroxylation is 2. The van der Waals surface area contributed by atoms with Crippen molar-refractivity contribution in [1.29, 1.82) is 0 Å². The van der Waals surface area contributed by atoms with Crippen molar-refractivity contribution in [2.24, 2.45) is 7.05 Å². The summed E-state index contributed by atoms with van der Waals surface area (Å²) < 4.78 is 9.20. The number of carbonyl (C=O) groups excluding carboxylic acids is 1. The van der Waals surface area contributed by atoms with E-state index < -0.39 is 0 Å². The van der Waals surface area contributed by atoms with Crippen molar-refractivity contribution in [3.05, 3.63) is 65.1 Å². The summed E-state index contributed by atoms with van der Waals surface area (Å²) in [5.41, 5.74) is 3.00. The van der Waals surface area contributed by atoms with Crippen LogP contribution in [0, 0.1) is 6.92 Å². The van der Waals surface area contributed by atoms with Crippen LogP contribution in [0.4, 0.5) is 0 Å². The molecular weight excluding hydrogens is 434 g/mol. The molecule has 1 N–H and O–H groups in total. The molecule has 0 saturated carbocycles. The van der Waals surface area contributed by atoms with Gasteiger partial charge in [-0.15, -0.1) is 10.2 Å². The predicted molar refractivity (Wildman–Crippen MR) is 123 cm³/mol. The van der Waals surface area contributed by atoms with E-state index in [1.54, 1.807) is 7.11 Å². The topological polar surface area (TPSA) is 74.0 Å². The minimum Gasteiger partial charge on any atom is -0.497 e. The molecule has 160 valence electrons. The van der Waals surface area contributed by atoms with Crippen molar-refractivity contribution < 1.29 is 9.53 Å². The zero-order valence-corrected chi connectivity index (χ0v) is 19.0. The highest BCUT2D eigenvalue weighted by atomic mass is 35.5. The minimum absolute atomic E-state index is 0.0739. The van der Waals surface area contributed by atoms with Crippen LogP contribution in [0.15, 0.2) is 53.7 Å². The summed E-state index contributed by atoms with van der Waals surface area (Å²) in [7, 11) is 3.61. The molecule has 4 aromatic rings. The van der Waals surface area contributed by atoms with Crippen LogP contribution in [-0.2, 0) is 18.4 Å². The molecule has 0 saturated heterocycles. The molecule has 0 fully saturated rings. The first-order valence-corrected chi connectivity index (χ1v) is 11.0. The molecule has 0 radical (unpaired) electrons. The highest BCUT2D eigenvalue weighted by Crippen LogP contribution is 2.24. The molecule has 0 aliphatic rings. The molecule has 9 heteroatoms. The molecular formula is C22H22ClN5O2S. The monoisotopic (exact) mass is 455 g/mol. The Balaban J connectivity index is 1.40. The zero-order chi connectivity index (χ0) is 22.0. The van der Waals surface area contributed by atoms with Crippen LogP contribution < -0.4 is 10.1 Å². The Kier molecular flexibility index (Phi) is 6.20. The summed E-state index contributed by atoms with van der Waals surface area (Å²) in [4.78, 5) is 12.5. The lowest BCUT2D eigenvalue weighted by atomic mass is 10.2. The molecule has 0 atom stereocenters. The van der Waals surface area contributed by atoms with Gasteiger partial charge in [-0.3, -0.25) is 9.36 Å². The summed E-state index contributed by atoms with van der Waals surface area (Å²) >= 11 is 7.43. The molecule has 2 heterocycles. The lowest BCUT2D eigenvalue weighted by Gasteiger charge is -2.10. The van der Waals surface area contributed by atoms with Gasteiger partial charge in [0.1, 0.15) is 11.6 Å². The molecule has 2 aromatic carbocycles. The van der Waals surface area contributed by atoms with Gasteiger partial charge in [0.2, 0.25) is 5.91 Å². The first-order chi connectivity index (χ1) is 15.0. The van der Waals surface area contributed by atoms with Gasteiger partial charge in [-0.25, -0.2) is 0 Å². The maximum absolute atomic E-state index is 12.5. The van der Waals surface area contributed by atoms with Gasteiger partial charge in [0.25, 0.3) is 0 Å². The Morgan fingerprint density at radius 1 is 1.16 bits per heavy atom. The number of carbonyl (C=O) groups is 1. The van der Waals surface area contributed by atoms with E-state index in [0.717, 1.165) is 33.9 Å². The van der Waals surface area contributed by atoms with E-state index in [2.05, 4.69) is 20.1 Å². The molecule has 0 aliphatic heterocycles. The predicted octanol–water partition coefficient (Wildman–Crippen LogP) is 4.14. The van der Waals surface area contributed by atoms with Gasteiger partial charge in [-0.05, 0) is 55.5 Å². The second-order valence-corrected chi connectivity index (χ2v) is 8.41. The average molecular weight is 456 g/mol. The van der Waals surface area contributed by atoms with E-state index in [-0.39, 0.29) is 11.7 Å². The maximum Gasteiger partial charge on any atom is 0.230 e. The summed E-state index contributed by atoms with van der Waals surface area (Å²) in [5, 5.41) is 13.8. The number of halogens is 1. The van der Waals surface area contributed by atoms with E-state index in [1.165, 1.54) is 11.8 Å². The number of methoxy groups -OCH3 is 1.